The Balaban J connectivity index is 1.40. The van der Waals surface area contributed by atoms with Crippen LogP contribution in [0.2, 0.25) is 0 Å². The molecular formula is C17H19N5O. The van der Waals surface area contributed by atoms with Gasteiger partial charge in [0.15, 0.2) is 0 Å². The molecule has 0 amide bonds. The summed E-state index contributed by atoms with van der Waals surface area (Å²) in [6.07, 6.45) is 4.15. The predicted molar refractivity (Wildman–Crippen MR) is 87.5 cm³/mol. The van der Waals surface area contributed by atoms with Gasteiger partial charge in [-0.2, -0.15) is 0 Å². The topological polar surface area (TPSA) is 81.1 Å². The second-order valence-corrected chi connectivity index (χ2v) is 6.23. The maximum Gasteiger partial charge on any atom is 0.139 e. The third-order valence-electron chi connectivity index (χ3n) is 4.51. The third kappa shape index (κ3) is 3.03. The highest BCUT2D eigenvalue weighted by molar-refractivity contribution is 5.76. The molecule has 4 rings (SSSR count). The van der Waals surface area contributed by atoms with Gasteiger partial charge in [-0.05, 0) is 58.9 Å². The lowest BCUT2D eigenvalue weighted by atomic mass is 10.00. The Morgan fingerprint density at radius 1 is 1.22 bits per heavy atom. The molecule has 1 unspecified atom stereocenters. The maximum absolute atomic E-state index is 5.64. The molecule has 0 radical (unpaired) electrons. The van der Waals surface area contributed by atoms with E-state index in [9.17, 15) is 0 Å². The van der Waals surface area contributed by atoms with Crippen molar-refractivity contribution in [3.8, 4) is 0 Å². The zero-order valence-corrected chi connectivity index (χ0v) is 12.9. The standard InChI is InChI=1S/C17H19N5O/c18-16-5-4-12(9-19-16)8-13-6-7-22(10-13)11-14-2-1-3-15-17(14)21-23-20-15/h1-5,9,13H,6-8,10-11H2,(H2,18,19). The number of aromatic nitrogens is 3. The molecule has 1 atom stereocenters. The van der Waals surface area contributed by atoms with Gasteiger partial charge in [0, 0.05) is 19.3 Å². The minimum Gasteiger partial charge on any atom is -0.384 e. The fourth-order valence-corrected chi connectivity index (χ4v) is 3.34. The van der Waals surface area contributed by atoms with Crippen LogP contribution in [0.25, 0.3) is 11.0 Å². The zero-order chi connectivity index (χ0) is 15.6. The van der Waals surface area contributed by atoms with E-state index in [0.717, 1.165) is 37.1 Å². The Kier molecular flexibility index (Phi) is 3.67. The van der Waals surface area contributed by atoms with E-state index in [1.807, 2.05) is 24.4 Å². The van der Waals surface area contributed by atoms with E-state index in [2.05, 4.69) is 32.3 Å². The summed E-state index contributed by atoms with van der Waals surface area (Å²) in [4.78, 5) is 6.65. The second kappa shape index (κ2) is 5.96. The molecule has 1 aromatic carbocycles. The largest absolute Gasteiger partial charge is 0.384 e. The van der Waals surface area contributed by atoms with E-state index >= 15 is 0 Å². The first-order valence-corrected chi connectivity index (χ1v) is 7.91. The number of rotatable bonds is 4. The molecule has 118 valence electrons. The molecule has 6 nitrogen and oxygen atoms in total. The molecule has 0 saturated carbocycles. The molecule has 2 N–H and O–H groups in total. The van der Waals surface area contributed by atoms with Gasteiger partial charge in [0.25, 0.3) is 0 Å². The van der Waals surface area contributed by atoms with Gasteiger partial charge < -0.3 is 5.73 Å². The summed E-state index contributed by atoms with van der Waals surface area (Å²) in [7, 11) is 0. The number of benzene rings is 1. The Morgan fingerprint density at radius 3 is 3.04 bits per heavy atom. The summed E-state index contributed by atoms with van der Waals surface area (Å²) in [6, 6.07) is 9.99. The van der Waals surface area contributed by atoms with Crippen LogP contribution in [-0.2, 0) is 13.0 Å². The van der Waals surface area contributed by atoms with Gasteiger partial charge in [-0.15, -0.1) is 0 Å². The lowest BCUT2D eigenvalue weighted by Gasteiger charge is -2.16. The number of nitrogens with two attached hydrogens (primary N) is 1. The van der Waals surface area contributed by atoms with Gasteiger partial charge in [-0.1, -0.05) is 18.2 Å². The fourth-order valence-electron chi connectivity index (χ4n) is 3.34. The van der Waals surface area contributed by atoms with Crippen molar-refractivity contribution in [1.82, 2.24) is 20.2 Å². The highest BCUT2D eigenvalue weighted by atomic mass is 16.6. The first-order valence-electron chi connectivity index (χ1n) is 7.91. The van der Waals surface area contributed by atoms with E-state index in [0.29, 0.717) is 11.7 Å². The molecule has 3 aromatic rings. The summed E-state index contributed by atoms with van der Waals surface area (Å²) in [6.45, 7) is 3.09. The van der Waals surface area contributed by atoms with E-state index in [1.165, 1.54) is 17.5 Å². The molecular weight excluding hydrogens is 290 g/mol. The van der Waals surface area contributed by atoms with Crippen LogP contribution in [0.15, 0.2) is 41.2 Å². The number of pyridine rings is 1. The average molecular weight is 309 g/mol. The van der Waals surface area contributed by atoms with E-state index < -0.39 is 0 Å². The van der Waals surface area contributed by atoms with Crippen LogP contribution in [0, 0.1) is 5.92 Å². The zero-order valence-electron chi connectivity index (χ0n) is 12.9. The number of likely N-dealkylation sites (tertiary alicyclic amines) is 1. The van der Waals surface area contributed by atoms with Gasteiger partial charge in [0.1, 0.15) is 16.9 Å². The molecule has 1 aliphatic heterocycles. The molecule has 0 aliphatic carbocycles. The first-order chi connectivity index (χ1) is 11.3. The van der Waals surface area contributed by atoms with Crippen LogP contribution >= 0.6 is 0 Å². The normalized spacial score (nSPS) is 18.7. The van der Waals surface area contributed by atoms with Crippen molar-refractivity contribution in [3.05, 3.63) is 47.7 Å². The molecule has 2 aromatic heterocycles. The first kappa shape index (κ1) is 14.1. The molecule has 1 aliphatic rings. The molecule has 0 bridgehead atoms. The number of anilines is 1. The van der Waals surface area contributed by atoms with Crippen LogP contribution in [0.3, 0.4) is 0 Å². The SMILES string of the molecule is Nc1ccc(CC2CCN(Cc3cccc4nonc34)C2)cn1. The number of hydrogen-bond acceptors (Lipinski definition) is 6. The van der Waals surface area contributed by atoms with E-state index in [1.54, 1.807) is 0 Å². The van der Waals surface area contributed by atoms with Crippen molar-refractivity contribution in [2.24, 2.45) is 5.92 Å². The molecule has 1 fully saturated rings. The van der Waals surface area contributed by atoms with E-state index in [4.69, 9.17) is 10.4 Å². The summed E-state index contributed by atoms with van der Waals surface area (Å²) < 4.78 is 4.84. The van der Waals surface area contributed by atoms with Gasteiger partial charge >= 0.3 is 0 Å². The van der Waals surface area contributed by atoms with Crippen LogP contribution in [-0.4, -0.2) is 33.3 Å². The minimum absolute atomic E-state index is 0.580. The van der Waals surface area contributed by atoms with E-state index in [-0.39, 0.29) is 0 Å². The highest BCUT2D eigenvalue weighted by Crippen LogP contribution is 2.24. The Bertz CT molecular complexity index is 798. The second-order valence-electron chi connectivity index (χ2n) is 6.23. The smallest absolute Gasteiger partial charge is 0.139 e. The fraction of sp³-hybridized carbons (Fsp3) is 0.353. The molecule has 1 saturated heterocycles. The third-order valence-corrected chi connectivity index (χ3v) is 4.51. The lowest BCUT2D eigenvalue weighted by Crippen LogP contribution is -2.20. The Labute approximate surface area is 134 Å². The molecule has 6 heteroatoms. The number of hydrogen-bond donors (Lipinski definition) is 1. The highest BCUT2D eigenvalue weighted by Gasteiger charge is 2.23. The van der Waals surface area contributed by atoms with Crippen molar-refractivity contribution in [2.45, 2.75) is 19.4 Å². The van der Waals surface area contributed by atoms with Crippen LogP contribution < -0.4 is 5.73 Å². The van der Waals surface area contributed by atoms with Crippen molar-refractivity contribution in [1.29, 1.82) is 0 Å². The van der Waals surface area contributed by atoms with Crippen LogP contribution in [0.5, 0.6) is 0 Å². The summed E-state index contributed by atoms with van der Waals surface area (Å²) in [5.74, 6) is 1.24. The molecule has 0 spiro atoms. The van der Waals surface area contributed by atoms with Gasteiger partial charge in [0.2, 0.25) is 0 Å². The Morgan fingerprint density at radius 2 is 2.17 bits per heavy atom. The molecule has 23 heavy (non-hydrogen) atoms. The minimum atomic E-state index is 0.580. The number of fused-ring (bicyclic) bond motifs is 1. The summed E-state index contributed by atoms with van der Waals surface area (Å²) in [5.41, 5.74) is 9.78. The average Bonchev–Trinajstić information content (AvgIpc) is 3.19. The van der Waals surface area contributed by atoms with Gasteiger partial charge in [-0.3, -0.25) is 4.90 Å². The van der Waals surface area contributed by atoms with Gasteiger partial charge in [-0.25, -0.2) is 9.61 Å². The van der Waals surface area contributed by atoms with Gasteiger partial charge in [0.05, 0.1) is 0 Å². The predicted octanol–water partition coefficient (Wildman–Crippen LogP) is 2.26. The Hall–Kier alpha value is -2.47. The number of nitrogens with zero attached hydrogens (tertiary/aromatic N) is 4. The lowest BCUT2D eigenvalue weighted by molar-refractivity contribution is 0.309. The maximum atomic E-state index is 5.64. The van der Waals surface area contributed by atoms with Crippen molar-refractivity contribution < 1.29 is 4.63 Å². The summed E-state index contributed by atoms with van der Waals surface area (Å²) in [5, 5.41) is 7.93. The van der Waals surface area contributed by atoms with Crippen molar-refractivity contribution >= 4 is 16.9 Å². The quantitative estimate of drug-likeness (QED) is 0.796. The molecule has 3 heterocycles. The monoisotopic (exact) mass is 309 g/mol. The van der Waals surface area contributed by atoms with Crippen molar-refractivity contribution in [3.63, 3.8) is 0 Å². The number of nitrogen functional groups attached to an aromatic ring is 1. The van der Waals surface area contributed by atoms with Crippen LogP contribution in [0.4, 0.5) is 5.82 Å². The van der Waals surface area contributed by atoms with Crippen LogP contribution in [0.1, 0.15) is 17.5 Å². The van der Waals surface area contributed by atoms with Crippen molar-refractivity contribution in [2.75, 3.05) is 18.8 Å². The summed E-state index contributed by atoms with van der Waals surface area (Å²) >= 11 is 0.